The van der Waals surface area contributed by atoms with Gasteiger partial charge in [0.25, 0.3) is 0 Å². The van der Waals surface area contributed by atoms with E-state index in [-0.39, 0.29) is 5.41 Å². The van der Waals surface area contributed by atoms with Crippen molar-refractivity contribution < 1.29 is 4.74 Å². The van der Waals surface area contributed by atoms with Gasteiger partial charge in [0.2, 0.25) is 0 Å². The maximum Gasteiger partial charge on any atom is 0.0678 e. The fourth-order valence-electron chi connectivity index (χ4n) is 2.51. The molecule has 0 radical (unpaired) electrons. The van der Waals surface area contributed by atoms with Gasteiger partial charge in [-0.2, -0.15) is 0 Å². The molecule has 0 unspecified atom stereocenters. The van der Waals surface area contributed by atoms with Crippen molar-refractivity contribution in [3.05, 3.63) is 12.2 Å². The summed E-state index contributed by atoms with van der Waals surface area (Å²) in [5.41, 5.74) is 1.53. The van der Waals surface area contributed by atoms with Gasteiger partial charge >= 0.3 is 0 Å². The molecule has 88 valence electrons. The van der Waals surface area contributed by atoms with Gasteiger partial charge in [-0.1, -0.05) is 26.0 Å². The molecule has 1 rings (SSSR count). The van der Waals surface area contributed by atoms with Crippen LogP contribution in [0.2, 0.25) is 0 Å². The van der Waals surface area contributed by atoms with Crippen LogP contribution >= 0.6 is 0 Å². The summed E-state index contributed by atoms with van der Waals surface area (Å²) >= 11 is 0. The minimum Gasteiger partial charge on any atom is -0.374 e. The van der Waals surface area contributed by atoms with E-state index < -0.39 is 0 Å². The molecule has 2 heteroatoms. The maximum atomic E-state index is 6.03. The highest BCUT2D eigenvalue weighted by molar-refractivity contribution is 5.04. The Morgan fingerprint density at radius 3 is 2.47 bits per heavy atom. The van der Waals surface area contributed by atoms with Crippen LogP contribution in [0.3, 0.4) is 0 Å². The van der Waals surface area contributed by atoms with Gasteiger partial charge < -0.3 is 9.64 Å². The van der Waals surface area contributed by atoms with Crippen LogP contribution < -0.4 is 0 Å². The quantitative estimate of drug-likeness (QED) is 0.666. The van der Waals surface area contributed by atoms with Crippen LogP contribution in [0.1, 0.15) is 33.6 Å². The Balaban J connectivity index is 2.64. The lowest BCUT2D eigenvalue weighted by Gasteiger charge is -2.41. The molecule has 1 aliphatic rings. The molecule has 15 heavy (non-hydrogen) atoms. The molecule has 0 aliphatic carbocycles. The summed E-state index contributed by atoms with van der Waals surface area (Å²) in [5, 5.41) is 0. The first-order valence-electron chi connectivity index (χ1n) is 5.78. The SMILES string of the molecule is C=C1C[C@H](C)O[C@@H](C(C)(C)CN(C)C)C1. The van der Waals surface area contributed by atoms with Gasteiger partial charge in [-0.15, -0.1) is 0 Å². The van der Waals surface area contributed by atoms with E-state index in [2.05, 4.69) is 46.3 Å². The van der Waals surface area contributed by atoms with Crippen molar-refractivity contribution in [1.82, 2.24) is 4.90 Å². The Bertz CT molecular complexity index is 233. The van der Waals surface area contributed by atoms with Crippen molar-refractivity contribution in [2.45, 2.75) is 45.8 Å². The average Bonchev–Trinajstić information content (AvgIpc) is 1.99. The Morgan fingerprint density at radius 2 is 2.00 bits per heavy atom. The largest absolute Gasteiger partial charge is 0.374 e. The minimum absolute atomic E-state index is 0.196. The van der Waals surface area contributed by atoms with Crippen molar-refractivity contribution >= 4 is 0 Å². The summed E-state index contributed by atoms with van der Waals surface area (Å²) in [6.07, 6.45) is 2.69. The molecule has 0 N–H and O–H groups in total. The van der Waals surface area contributed by atoms with Gasteiger partial charge in [0.1, 0.15) is 0 Å². The number of hydrogen-bond acceptors (Lipinski definition) is 2. The summed E-state index contributed by atoms with van der Waals surface area (Å²) in [6.45, 7) is 11.9. The molecule has 1 aliphatic heterocycles. The zero-order valence-corrected chi connectivity index (χ0v) is 10.8. The van der Waals surface area contributed by atoms with Gasteiger partial charge in [0.15, 0.2) is 0 Å². The zero-order valence-electron chi connectivity index (χ0n) is 10.8. The van der Waals surface area contributed by atoms with E-state index in [1.165, 1.54) is 5.57 Å². The number of nitrogens with zero attached hydrogens (tertiary/aromatic N) is 1. The minimum atomic E-state index is 0.196. The Morgan fingerprint density at radius 1 is 1.40 bits per heavy atom. The normalized spacial score (nSPS) is 28.5. The molecular formula is C13H25NO. The second-order valence-electron chi connectivity index (χ2n) is 5.82. The van der Waals surface area contributed by atoms with Crippen LogP contribution in [0.5, 0.6) is 0 Å². The second kappa shape index (κ2) is 4.67. The highest BCUT2D eigenvalue weighted by atomic mass is 16.5. The van der Waals surface area contributed by atoms with E-state index >= 15 is 0 Å². The smallest absolute Gasteiger partial charge is 0.0678 e. The highest BCUT2D eigenvalue weighted by Crippen LogP contribution is 2.34. The van der Waals surface area contributed by atoms with Crippen LogP contribution in [0.4, 0.5) is 0 Å². The molecule has 0 aromatic carbocycles. The molecule has 1 heterocycles. The predicted octanol–water partition coefficient (Wildman–Crippen LogP) is 2.70. The van der Waals surface area contributed by atoms with E-state index in [1.54, 1.807) is 0 Å². The molecule has 0 spiro atoms. The first-order chi connectivity index (χ1) is 6.81. The molecule has 0 bridgehead atoms. The third-order valence-corrected chi connectivity index (χ3v) is 3.04. The lowest BCUT2D eigenvalue weighted by molar-refractivity contribution is -0.0860. The summed E-state index contributed by atoms with van der Waals surface area (Å²) in [4.78, 5) is 2.23. The van der Waals surface area contributed by atoms with Gasteiger partial charge in [0, 0.05) is 12.0 Å². The first kappa shape index (κ1) is 12.7. The third kappa shape index (κ3) is 3.62. The third-order valence-electron chi connectivity index (χ3n) is 3.04. The Kier molecular flexibility index (Phi) is 3.96. The summed E-state index contributed by atoms with van der Waals surface area (Å²) in [7, 11) is 4.23. The van der Waals surface area contributed by atoms with Crippen LogP contribution in [0, 0.1) is 5.41 Å². The lowest BCUT2D eigenvalue weighted by atomic mass is 9.80. The van der Waals surface area contributed by atoms with E-state index in [4.69, 9.17) is 4.74 Å². The van der Waals surface area contributed by atoms with Crippen molar-refractivity contribution in [2.75, 3.05) is 20.6 Å². The highest BCUT2D eigenvalue weighted by Gasteiger charge is 2.35. The lowest BCUT2D eigenvalue weighted by Crippen LogP contribution is -2.44. The molecule has 0 aromatic rings. The van der Waals surface area contributed by atoms with Crippen LogP contribution in [-0.2, 0) is 4.74 Å². The van der Waals surface area contributed by atoms with Gasteiger partial charge in [0.05, 0.1) is 12.2 Å². The summed E-state index contributed by atoms with van der Waals surface area (Å²) in [6, 6.07) is 0. The van der Waals surface area contributed by atoms with E-state index in [0.717, 1.165) is 19.4 Å². The van der Waals surface area contributed by atoms with Gasteiger partial charge in [-0.3, -0.25) is 0 Å². The van der Waals surface area contributed by atoms with E-state index in [0.29, 0.717) is 12.2 Å². The van der Waals surface area contributed by atoms with E-state index in [9.17, 15) is 0 Å². The molecule has 1 saturated heterocycles. The standard InChI is InChI=1S/C13H25NO/c1-10-7-11(2)15-12(8-10)13(3,4)9-14(5)6/h11-12H,1,7-9H2,2-6H3/t11-,12+/m0/s1. The molecule has 0 aromatic heterocycles. The van der Waals surface area contributed by atoms with Crippen molar-refractivity contribution in [1.29, 1.82) is 0 Å². The molecule has 0 saturated carbocycles. The Labute approximate surface area is 94.3 Å². The molecule has 1 fully saturated rings. The average molecular weight is 211 g/mol. The van der Waals surface area contributed by atoms with Gasteiger partial charge in [-0.05, 0) is 33.9 Å². The fraction of sp³-hybridized carbons (Fsp3) is 0.846. The van der Waals surface area contributed by atoms with Crippen molar-refractivity contribution in [3.63, 3.8) is 0 Å². The molecule has 0 amide bonds. The van der Waals surface area contributed by atoms with Gasteiger partial charge in [-0.25, -0.2) is 0 Å². The number of hydrogen-bond donors (Lipinski definition) is 0. The summed E-state index contributed by atoms with van der Waals surface area (Å²) < 4.78 is 6.03. The number of rotatable bonds is 3. The van der Waals surface area contributed by atoms with Crippen LogP contribution in [-0.4, -0.2) is 37.7 Å². The molecular weight excluding hydrogens is 186 g/mol. The summed E-state index contributed by atoms with van der Waals surface area (Å²) in [5.74, 6) is 0. The fourth-order valence-corrected chi connectivity index (χ4v) is 2.51. The molecule has 2 atom stereocenters. The van der Waals surface area contributed by atoms with E-state index in [1.807, 2.05) is 0 Å². The second-order valence-corrected chi connectivity index (χ2v) is 5.82. The zero-order chi connectivity index (χ0) is 11.6. The number of ether oxygens (including phenoxy) is 1. The first-order valence-corrected chi connectivity index (χ1v) is 5.78. The van der Waals surface area contributed by atoms with Crippen LogP contribution in [0.25, 0.3) is 0 Å². The topological polar surface area (TPSA) is 12.5 Å². The Hall–Kier alpha value is -0.340. The predicted molar refractivity (Wildman–Crippen MR) is 65.0 cm³/mol. The van der Waals surface area contributed by atoms with Crippen LogP contribution in [0.15, 0.2) is 12.2 Å². The monoisotopic (exact) mass is 211 g/mol. The van der Waals surface area contributed by atoms with Crippen molar-refractivity contribution in [3.8, 4) is 0 Å². The molecule has 2 nitrogen and oxygen atoms in total. The van der Waals surface area contributed by atoms with Crippen molar-refractivity contribution in [2.24, 2.45) is 5.41 Å². The maximum absolute atomic E-state index is 6.03.